The first-order valence-electron chi connectivity index (χ1n) is 0.796. The Labute approximate surface area is 34.4 Å². The molecule has 0 saturated carbocycles. The van der Waals surface area contributed by atoms with Crippen LogP contribution in [0.4, 0.5) is 0 Å². The molecule has 0 fully saturated rings. The molecule has 0 amide bonds. The summed E-state index contributed by atoms with van der Waals surface area (Å²) >= 11 is 2.16. The maximum absolute atomic E-state index is 2.16. The van der Waals surface area contributed by atoms with Gasteiger partial charge in [-0.1, -0.05) is 0 Å². The summed E-state index contributed by atoms with van der Waals surface area (Å²) in [6.07, 6.45) is 0. The Morgan fingerprint density at radius 2 is 1.40 bits per heavy atom. The molecular weight excluding hydrogens is 685 g/mol. The molecule has 0 saturated heterocycles. The van der Waals surface area contributed by atoms with E-state index in [-0.39, 0.29) is 0 Å². The van der Waals surface area contributed by atoms with E-state index < -0.39 is 0 Å². The molecule has 0 heterocycles. The fraction of sp³-hybridized carbons (Fsp3) is 0.500. The van der Waals surface area contributed by atoms with Gasteiger partial charge in [0.15, 0.2) is 0 Å². The Morgan fingerprint density at radius 3 is 1.40 bits per heavy atom. The van der Waals surface area contributed by atoms with E-state index in [0.29, 0.717) is 0 Å². The average Bonchev–Trinajstić information content (AvgIpc) is 0.918. The summed E-state index contributed by atoms with van der Waals surface area (Å²) in [6.45, 7) is 1.99. The van der Waals surface area contributed by atoms with Gasteiger partial charge in [-0.2, -0.15) is 6.92 Å². The first-order chi connectivity index (χ1) is 1.41. The van der Waals surface area contributed by atoms with Gasteiger partial charge in [-0.05, 0) is 0 Å². The van der Waals surface area contributed by atoms with Gasteiger partial charge in [-0.15, -0.1) is 0 Å². The average molecular weight is 689 g/mol. The Balaban J connectivity index is -0.0000000200. The summed E-state index contributed by atoms with van der Waals surface area (Å²) in [5.41, 5.74) is 0. The normalized spacial score (nSPS) is 3.60. The smallest absolute Gasteiger partial charge is 0 e. The summed E-state index contributed by atoms with van der Waals surface area (Å²) in [7, 11) is 0. The van der Waals surface area contributed by atoms with E-state index in [4.69, 9.17) is 0 Å². The zero-order chi connectivity index (χ0) is 2.71. The molecule has 0 aromatic carbocycles. The third kappa shape index (κ3) is 0.902. The summed E-state index contributed by atoms with van der Waals surface area (Å²) in [5, 5.41) is 0. The van der Waals surface area contributed by atoms with Crippen molar-refractivity contribution >= 4 is 22.6 Å². The largest absolute Gasteiger partial charge is 0.316 e. The van der Waals surface area contributed by atoms with Gasteiger partial charge in [0.25, 0.3) is 0 Å². The predicted molar refractivity (Wildman–Crippen MR) is 24.0 cm³/mol. The van der Waals surface area contributed by atoms with Crippen LogP contribution in [-0.2, 0) is 0 Å². The van der Waals surface area contributed by atoms with E-state index in [2.05, 4.69) is 22.6 Å². The molecule has 0 nitrogen and oxygen atoms in total. The number of hydrogen-bond acceptors (Lipinski definition) is 0. The van der Waals surface area contributed by atoms with Crippen molar-refractivity contribution in [2.24, 2.45) is 0 Å². The SMILES string of the molecule is C[CH-]I.[Rf].[Rf]. The molecule has 0 aromatic rings. The Kier molecular flexibility index (Phi) is 1170. The fourth-order valence-electron chi connectivity index (χ4n) is 0. The second-order valence-corrected chi connectivity index (χ2v) is 1.46. The molecule has 0 aromatic heterocycles. The van der Waals surface area contributed by atoms with Gasteiger partial charge in [0.05, 0.1) is 0 Å². The van der Waals surface area contributed by atoms with Crippen LogP contribution in [0.3, 0.4) is 0 Å². The summed E-state index contributed by atoms with van der Waals surface area (Å²) in [6, 6.07) is 0. The molecule has 0 unspecified atom stereocenters. The molecule has 0 bridgehead atoms. The van der Waals surface area contributed by atoms with Crippen molar-refractivity contribution in [1.29, 1.82) is 0 Å². The van der Waals surface area contributed by atoms with E-state index in [1.807, 2.05) is 11.4 Å². The van der Waals surface area contributed by atoms with Crippen LogP contribution in [0.2, 0.25) is 0 Å². The fourth-order valence-corrected chi connectivity index (χ4v) is 0. The summed E-state index contributed by atoms with van der Waals surface area (Å²) in [4.78, 5) is 0. The van der Waals surface area contributed by atoms with Crippen LogP contribution in [0.5, 0.6) is 0 Å². The zero-order valence-electron chi connectivity index (χ0n) is 3.37. The van der Waals surface area contributed by atoms with Gasteiger partial charge in [-0.25, -0.2) is 0 Å². The quantitative estimate of drug-likeness (QED) is 0.268. The molecular formula is C2H4IRf2-. The Bertz CT molecular complexity index is 7.61. The van der Waals surface area contributed by atoms with Gasteiger partial charge >= 0.3 is 0 Å². The Morgan fingerprint density at radius 1 is 1.40 bits per heavy atom. The number of halogens is 1. The minimum Gasteiger partial charge on any atom is -0.316 e. The van der Waals surface area contributed by atoms with Gasteiger partial charge in [0.2, 0.25) is 0 Å². The van der Waals surface area contributed by atoms with Gasteiger partial charge in [0, 0.05) is 0 Å². The van der Waals surface area contributed by atoms with Crippen molar-refractivity contribution in [3.8, 4) is 0 Å². The van der Waals surface area contributed by atoms with Crippen molar-refractivity contribution in [2.75, 3.05) is 0 Å². The third-order valence-electron chi connectivity index (χ3n) is 0. The van der Waals surface area contributed by atoms with Crippen LogP contribution in [0, 0.1) is 4.43 Å². The Hall–Kier alpha value is -1.27. The van der Waals surface area contributed by atoms with E-state index in [9.17, 15) is 0 Å². The zero-order valence-corrected chi connectivity index (χ0v) is 18.3. The van der Waals surface area contributed by atoms with E-state index in [1.54, 1.807) is 0 Å². The first kappa shape index (κ1) is 52.2. The molecule has 24 valence electrons. The molecule has 0 N–H and O–H groups in total. The van der Waals surface area contributed by atoms with Gasteiger partial charge in [-0.3, -0.25) is 4.43 Å². The van der Waals surface area contributed by atoms with Crippen molar-refractivity contribution in [3.63, 3.8) is 0 Å². The predicted octanol–water partition coefficient (Wildman–Crippen LogP) is 1.60. The molecule has 0 aliphatic heterocycles. The van der Waals surface area contributed by atoms with Crippen LogP contribution in [0.25, 0.3) is 0 Å². The summed E-state index contributed by atoms with van der Waals surface area (Å²) in [5.74, 6) is 0. The van der Waals surface area contributed by atoms with E-state index in [0.717, 1.165) is 0 Å². The van der Waals surface area contributed by atoms with Gasteiger partial charge in [0.1, 0.15) is 0 Å². The van der Waals surface area contributed by atoms with Crippen molar-refractivity contribution < 1.29 is 0 Å². The summed E-state index contributed by atoms with van der Waals surface area (Å²) < 4.78 is 1.97. The molecule has 0 spiro atoms. The van der Waals surface area contributed by atoms with Crippen molar-refractivity contribution in [2.45, 2.75) is 6.92 Å². The standard InChI is InChI=1S/C2H4I.2Rf/c1-2-3;;/h2H,1H3;;/q-1;;. The maximum Gasteiger partial charge on any atom is 0 e. The minimum absolute atomic E-state index is 0. The maximum atomic E-state index is 2.16. The van der Waals surface area contributed by atoms with Gasteiger partial charge < -0.3 is 22.6 Å². The number of rotatable bonds is 0. The number of hydrogen-bond donors (Lipinski definition) is 0. The third-order valence-corrected chi connectivity index (χ3v) is 0. The van der Waals surface area contributed by atoms with Crippen LogP contribution in [0.1, 0.15) is 6.92 Å². The topological polar surface area (TPSA) is 0 Å². The molecule has 0 rings (SSSR count). The van der Waals surface area contributed by atoms with E-state index in [1.165, 1.54) is 0 Å². The monoisotopic (exact) mass is 689 g/mol. The molecule has 0 atom stereocenters. The van der Waals surface area contributed by atoms with Crippen molar-refractivity contribution in [3.05, 3.63) is 4.43 Å². The minimum atomic E-state index is 0. The van der Waals surface area contributed by atoms with Crippen LogP contribution < -0.4 is 0 Å². The molecule has 0 aliphatic rings. The molecule has 5 heavy (non-hydrogen) atoms. The molecule has 3 heteroatoms. The molecule has 0 aliphatic carbocycles. The van der Waals surface area contributed by atoms with E-state index >= 15 is 0 Å². The second kappa shape index (κ2) is 112. The van der Waals surface area contributed by atoms with Crippen LogP contribution in [-0.4, -0.2) is 0 Å². The first-order valence-corrected chi connectivity index (χ1v) is 2.04. The van der Waals surface area contributed by atoms with Crippen molar-refractivity contribution in [1.82, 2.24) is 0 Å². The van der Waals surface area contributed by atoms with Crippen LogP contribution in [0.15, 0.2) is 0 Å². The second-order valence-electron chi connectivity index (χ2n) is 0.218. The molecule has 0 radical (unpaired) electrons. The van der Waals surface area contributed by atoms with Crippen LogP contribution >= 0.6 is 22.6 Å².